The number of carboxylic acid groups (broad SMARTS) is 1. The highest BCUT2D eigenvalue weighted by atomic mass is 19.1. The molecule has 2 heterocycles. The van der Waals surface area contributed by atoms with Crippen molar-refractivity contribution >= 4 is 12.1 Å². The van der Waals surface area contributed by atoms with Gasteiger partial charge in [0.1, 0.15) is 17.2 Å². The molecule has 1 aromatic carbocycles. The summed E-state index contributed by atoms with van der Waals surface area (Å²) < 4.78 is 25.1. The van der Waals surface area contributed by atoms with Gasteiger partial charge in [0.15, 0.2) is 0 Å². The fourth-order valence-corrected chi connectivity index (χ4v) is 3.40. The summed E-state index contributed by atoms with van der Waals surface area (Å²) in [4.78, 5) is 24.9. The number of likely N-dealkylation sites (tertiary alicyclic amines) is 1. The average molecular weight is 351 g/mol. The second kappa shape index (κ2) is 5.89. The SMILES string of the molecule is CC(C)(C)OC(=O)N1CCC2(CC1)COc1cc(C(=O)O)c(F)cc12. The van der Waals surface area contributed by atoms with Crippen LogP contribution >= 0.6 is 0 Å². The van der Waals surface area contributed by atoms with Crippen LogP contribution in [0.1, 0.15) is 49.5 Å². The fraction of sp³-hybridized carbons (Fsp3) is 0.556. The first kappa shape index (κ1) is 17.5. The van der Waals surface area contributed by atoms with Crippen molar-refractivity contribution in [2.45, 2.75) is 44.6 Å². The molecule has 2 aliphatic rings. The van der Waals surface area contributed by atoms with Gasteiger partial charge in [-0.05, 0) is 45.7 Å². The fourth-order valence-electron chi connectivity index (χ4n) is 3.40. The lowest BCUT2D eigenvalue weighted by molar-refractivity contribution is 0.0152. The van der Waals surface area contributed by atoms with Crippen LogP contribution in [0.2, 0.25) is 0 Å². The van der Waals surface area contributed by atoms with E-state index in [1.165, 1.54) is 12.1 Å². The molecule has 0 saturated carbocycles. The lowest BCUT2D eigenvalue weighted by Crippen LogP contribution is -2.47. The predicted molar refractivity (Wildman–Crippen MR) is 87.6 cm³/mol. The molecule has 0 aliphatic carbocycles. The minimum atomic E-state index is -1.32. The maximum atomic E-state index is 14.1. The van der Waals surface area contributed by atoms with Crippen LogP contribution in [0.25, 0.3) is 0 Å². The lowest BCUT2D eigenvalue weighted by Gasteiger charge is -2.38. The maximum Gasteiger partial charge on any atom is 0.410 e. The number of hydrogen-bond acceptors (Lipinski definition) is 4. The number of carbonyl (C=O) groups excluding carboxylic acids is 1. The molecule has 0 atom stereocenters. The summed E-state index contributed by atoms with van der Waals surface area (Å²) in [5.74, 6) is -1.65. The summed E-state index contributed by atoms with van der Waals surface area (Å²) >= 11 is 0. The molecule has 2 aliphatic heterocycles. The van der Waals surface area contributed by atoms with Gasteiger partial charge in [-0.3, -0.25) is 0 Å². The molecule has 1 spiro atoms. The van der Waals surface area contributed by atoms with Crippen molar-refractivity contribution in [3.63, 3.8) is 0 Å². The normalized spacial score (nSPS) is 18.6. The Kier molecular flexibility index (Phi) is 4.13. The summed E-state index contributed by atoms with van der Waals surface area (Å²) in [7, 11) is 0. The van der Waals surface area contributed by atoms with E-state index in [1.807, 2.05) is 20.8 Å². The van der Waals surface area contributed by atoms with E-state index < -0.39 is 17.4 Å². The Bertz CT molecular complexity index is 717. The van der Waals surface area contributed by atoms with Gasteiger partial charge in [0.25, 0.3) is 0 Å². The molecule has 6 nitrogen and oxygen atoms in total. The van der Waals surface area contributed by atoms with Crippen molar-refractivity contribution < 1.29 is 28.6 Å². The number of ether oxygens (including phenoxy) is 2. The molecule has 1 N–H and O–H groups in total. The number of fused-ring (bicyclic) bond motifs is 2. The van der Waals surface area contributed by atoms with Crippen molar-refractivity contribution in [3.8, 4) is 5.75 Å². The van der Waals surface area contributed by atoms with Crippen molar-refractivity contribution in [1.29, 1.82) is 0 Å². The number of aromatic carboxylic acids is 1. The summed E-state index contributed by atoms with van der Waals surface area (Å²) in [6.07, 6.45) is 0.879. The third kappa shape index (κ3) is 3.27. The van der Waals surface area contributed by atoms with Crippen molar-refractivity contribution in [3.05, 3.63) is 29.1 Å². The third-order valence-corrected chi connectivity index (χ3v) is 4.75. The number of carbonyl (C=O) groups is 2. The van der Waals surface area contributed by atoms with E-state index in [2.05, 4.69) is 0 Å². The second-order valence-electron chi connectivity index (χ2n) is 7.67. The van der Waals surface area contributed by atoms with Gasteiger partial charge < -0.3 is 19.5 Å². The molecular formula is C18H22FNO5. The molecule has 7 heteroatoms. The van der Waals surface area contributed by atoms with Crippen LogP contribution in [0.5, 0.6) is 5.75 Å². The standard InChI is InChI=1S/C18H22FNO5/c1-17(2,3)25-16(23)20-6-4-18(5-7-20)10-24-14-8-11(15(21)22)13(19)9-12(14)18/h8-9H,4-7,10H2,1-3H3,(H,21,22). The first-order valence-electron chi connectivity index (χ1n) is 8.29. The quantitative estimate of drug-likeness (QED) is 0.841. The van der Waals surface area contributed by atoms with E-state index in [9.17, 15) is 14.0 Å². The Balaban J connectivity index is 1.77. The monoisotopic (exact) mass is 351 g/mol. The van der Waals surface area contributed by atoms with Gasteiger partial charge in [0, 0.05) is 24.1 Å². The van der Waals surface area contributed by atoms with Gasteiger partial charge in [-0.2, -0.15) is 0 Å². The zero-order valence-electron chi connectivity index (χ0n) is 14.6. The Labute approximate surface area is 145 Å². The number of halogens is 1. The molecule has 0 aromatic heterocycles. The van der Waals surface area contributed by atoms with Crippen molar-refractivity contribution in [2.75, 3.05) is 19.7 Å². The van der Waals surface area contributed by atoms with E-state index in [1.54, 1.807) is 4.90 Å². The van der Waals surface area contributed by atoms with Crippen LogP contribution in [-0.4, -0.2) is 47.4 Å². The predicted octanol–water partition coefficient (Wildman–Crippen LogP) is 3.19. The number of amides is 1. The van der Waals surface area contributed by atoms with Crippen LogP contribution in [0.3, 0.4) is 0 Å². The third-order valence-electron chi connectivity index (χ3n) is 4.75. The molecule has 3 rings (SSSR count). The second-order valence-corrected chi connectivity index (χ2v) is 7.67. The summed E-state index contributed by atoms with van der Waals surface area (Å²) in [6, 6.07) is 2.52. The van der Waals surface area contributed by atoms with E-state index >= 15 is 0 Å². The zero-order valence-corrected chi connectivity index (χ0v) is 14.6. The zero-order chi connectivity index (χ0) is 18.4. The smallest absolute Gasteiger partial charge is 0.410 e. The van der Waals surface area contributed by atoms with E-state index in [-0.39, 0.29) is 17.1 Å². The van der Waals surface area contributed by atoms with Crippen LogP contribution in [0.15, 0.2) is 12.1 Å². The topological polar surface area (TPSA) is 76.1 Å². The van der Waals surface area contributed by atoms with E-state index in [4.69, 9.17) is 14.6 Å². The van der Waals surface area contributed by atoms with E-state index in [0.29, 0.717) is 43.9 Å². The van der Waals surface area contributed by atoms with Gasteiger partial charge in [0.2, 0.25) is 0 Å². The van der Waals surface area contributed by atoms with Gasteiger partial charge in [-0.15, -0.1) is 0 Å². The maximum absolute atomic E-state index is 14.1. The minimum absolute atomic E-state index is 0.353. The molecule has 0 bridgehead atoms. The highest BCUT2D eigenvalue weighted by Gasteiger charge is 2.45. The molecule has 0 unspecified atom stereocenters. The number of piperidine rings is 1. The van der Waals surface area contributed by atoms with Crippen molar-refractivity contribution in [1.82, 2.24) is 4.90 Å². The average Bonchev–Trinajstić information content (AvgIpc) is 2.83. The molecule has 25 heavy (non-hydrogen) atoms. The van der Waals surface area contributed by atoms with Crippen LogP contribution in [-0.2, 0) is 10.2 Å². The number of nitrogens with zero attached hydrogens (tertiary/aromatic N) is 1. The molecule has 1 saturated heterocycles. The largest absolute Gasteiger partial charge is 0.492 e. The minimum Gasteiger partial charge on any atom is -0.492 e. The molecule has 0 radical (unpaired) electrons. The molecule has 1 aromatic rings. The summed E-state index contributed by atoms with van der Waals surface area (Å²) in [5.41, 5.74) is -0.627. The van der Waals surface area contributed by atoms with Crippen LogP contribution in [0.4, 0.5) is 9.18 Å². The van der Waals surface area contributed by atoms with Gasteiger partial charge in [-0.1, -0.05) is 0 Å². The first-order valence-corrected chi connectivity index (χ1v) is 8.29. The van der Waals surface area contributed by atoms with Crippen LogP contribution in [0, 0.1) is 5.82 Å². The number of hydrogen-bond donors (Lipinski definition) is 1. The number of rotatable bonds is 1. The summed E-state index contributed by atoms with van der Waals surface area (Å²) in [6.45, 7) is 6.80. The molecule has 1 amide bonds. The first-order chi connectivity index (χ1) is 11.6. The highest BCUT2D eigenvalue weighted by Crippen LogP contribution is 2.46. The Morgan fingerprint density at radius 2 is 1.92 bits per heavy atom. The van der Waals surface area contributed by atoms with Gasteiger partial charge in [-0.25, -0.2) is 14.0 Å². The Morgan fingerprint density at radius 3 is 2.48 bits per heavy atom. The van der Waals surface area contributed by atoms with Gasteiger partial charge >= 0.3 is 12.1 Å². The van der Waals surface area contributed by atoms with Gasteiger partial charge in [0.05, 0.1) is 12.2 Å². The number of carboxylic acids is 1. The van der Waals surface area contributed by atoms with Crippen LogP contribution < -0.4 is 4.74 Å². The number of benzene rings is 1. The molecule has 1 fully saturated rings. The Morgan fingerprint density at radius 1 is 1.28 bits per heavy atom. The molecular weight excluding hydrogens is 329 g/mol. The molecule has 136 valence electrons. The lowest BCUT2D eigenvalue weighted by atomic mass is 9.74. The summed E-state index contributed by atoms with van der Waals surface area (Å²) in [5, 5.41) is 9.03. The highest BCUT2D eigenvalue weighted by molar-refractivity contribution is 5.88. The van der Waals surface area contributed by atoms with Crippen molar-refractivity contribution in [2.24, 2.45) is 0 Å². The van der Waals surface area contributed by atoms with E-state index in [0.717, 1.165) is 0 Å². The Hall–Kier alpha value is -2.31.